The Morgan fingerprint density at radius 3 is 2.36 bits per heavy atom. The van der Waals surface area contributed by atoms with Gasteiger partial charge in [0.25, 0.3) is 0 Å². The number of hydrogen-bond acceptors (Lipinski definition) is 4. The van der Waals surface area contributed by atoms with Crippen molar-refractivity contribution in [2.75, 3.05) is 6.54 Å². The van der Waals surface area contributed by atoms with Crippen molar-refractivity contribution in [1.29, 1.82) is 0 Å². The van der Waals surface area contributed by atoms with E-state index in [1.807, 2.05) is 44.2 Å². The highest BCUT2D eigenvalue weighted by atomic mass is 32.2. The Morgan fingerprint density at radius 2 is 1.82 bits per heavy atom. The van der Waals surface area contributed by atoms with E-state index >= 15 is 0 Å². The summed E-state index contributed by atoms with van der Waals surface area (Å²) in [6.45, 7) is 4.11. The van der Waals surface area contributed by atoms with Gasteiger partial charge in [0.05, 0.1) is 6.10 Å². The summed E-state index contributed by atoms with van der Waals surface area (Å²) in [6, 6.07) is 9.74. The topological polar surface area (TPSA) is 84.9 Å². The van der Waals surface area contributed by atoms with Gasteiger partial charge in [-0.2, -0.15) is 13.1 Å². The highest BCUT2D eigenvalue weighted by Crippen LogP contribution is 2.43. The summed E-state index contributed by atoms with van der Waals surface area (Å²) in [5.41, 5.74) is 1.00. The van der Waals surface area contributed by atoms with Crippen LogP contribution in [0.1, 0.15) is 44.8 Å². The molecule has 22 heavy (non-hydrogen) atoms. The molecule has 2 rings (SSSR count). The monoisotopic (exact) mass is 329 g/mol. The van der Waals surface area contributed by atoms with Gasteiger partial charge in [-0.05, 0) is 24.8 Å². The molecule has 7 heteroatoms. The molecule has 0 radical (unpaired) electrons. The average Bonchev–Trinajstić information content (AvgIpc) is 2.87. The molecule has 124 valence electrons. The van der Waals surface area contributed by atoms with E-state index in [1.54, 1.807) is 0 Å². The van der Waals surface area contributed by atoms with Crippen LogP contribution >= 0.6 is 0 Å². The lowest BCUT2D eigenvalue weighted by Crippen LogP contribution is -2.30. The van der Waals surface area contributed by atoms with Crippen molar-refractivity contribution < 1.29 is 22.4 Å². The second-order valence-corrected chi connectivity index (χ2v) is 6.62. The maximum Gasteiger partial charge on any atom is 0.333 e. The number of ether oxygens (including phenoxy) is 2. The van der Waals surface area contributed by atoms with E-state index in [9.17, 15) is 8.42 Å². The maximum atomic E-state index is 10.8. The standard InChI is InChI=1S/C15H23NO5S/c1-3-15(4-2)20-13(10-11-16-22(17,18)19)14(21-15)12-8-6-5-7-9-12/h5-9,13-14,16H,3-4,10-11H2,1-2H3,(H,17,18,19)/t13-,14-/m1/s1. The lowest BCUT2D eigenvalue weighted by atomic mass is 10.0. The first-order chi connectivity index (χ1) is 10.4. The summed E-state index contributed by atoms with van der Waals surface area (Å²) in [4.78, 5) is 0. The van der Waals surface area contributed by atoms with Gasteiger partial charge in [-0.15, -0.1) is 0 Å². The zero-order valence-corrected chi connectivity index (χ0v) is 13.7. The summed E-state index contributed by atoms with van der Waals surface area (Å²) in [5, 5.41) is 0. The van der Waals surface area contributed by atoms with Gasteiger partial charge in [-0.3, -0.25) is 4.55 Å². The number of benzene rings is 1. The molecule has 2 N–H and O–H groups in total. The van der Waals surface area contributed by atoms with Gasteiger partial charge in [0.15, 0.2) is 5.79 Å². The lowest BCUT2D eigenvalue weighted by Gasteiger charge is -2.25. The van der Waals surface area contributed by atoms with Gasteiger partial charge >= 0.3 is 10.3 Å². The van der Waals surface area contributed by atoms with Gasteiger partial charge in [0.2, 0.25) is 0 Å². The molecule has 1 aromatic rings. The Kier molecular flexibility index (Phi) is 5.57. The summed E-state index contributed by atoms with van der Waals surface area (Å²) < 4.78 is 44.6. The average molecular weight is 329 g/mol. The molecule has 6 nitrogen and oxygen atoms in total. The smallest absolute Gasteiger partial charge is 0.333 e. The third kappa shape index (κ3) is 4.27. The van der Waals surface area contributed by atoms with Crippen LogP contribution in [-0.2, 0) is 19.8 Å². The van der Waals surface area contributed by atoms with Crippen LogP contribution in [-0.4, -0.2) is 31.4 Å². The molecule has 0 spiro atoms. The molecule has 0 bridgehead atoms. The first-order valence-corrected chi connectivity index (χ1v) is 8.96. The predicted molar refractivity (Wildman–Crippen MR) is 82.6 cm³/mol. The Hall–Kier alpha value is -0.990. The van der Waals surface area contributed by atoms with Crippen molar-refractivity contribution in [3.63, 3.8) is 0 Å². The van der Waals surface area contributed by atoms with Gasteiger partial charge in [-0.25, -0.2) is 0 Å². The maximum absolute atomic E-state index is 10.8. The van der Waals surface area contributed by atoms with Crippen molar-refractivity contribution in [2.45, 2.75) is 51.1 Å². The fourth-order valence-corrected chi connectivity index (χ4v) is 3.10. The molecule has 1 aliphatic rings. The van der Waals surface area contributed by atoms with Crippen LogP contribution in [0.4, 0.5) is 0 Å². The van der Waals surface area contributed by atoms with E-state index in [0.29, 0.717) is 6.42 Å². The number of hydrogen-bond donors (Lipinski definition) is 2. The van der Waals surface area contributed by atoms with Crippen LogP contribution in [0.25, 0.3) is 0 Å². The minimum Gasteiger partial charge on any atom is -0.344 e. The molecule has 1 saturated heterocycles. The van der Waals surface area contributed by atoms with Crippen molar-refractivity contribution in [3.8, 4) is 0 Å². The second kappa shape index (κ2) is 7.06. The fraction of sp³-hybridized carbons (Fsp3) is 0.600. The summed E-state index contributed by atoms with van der Waals surface area (Å²) in [6.07, 6.45) is 1.34. The first kappa shape index (κ1) is 17.4. The third-order valence-corrected chi connectivity index (χ3v) is 4.53. The van der Waals surface area contributed by atoms with E-state index in [4.69, 9.17) is 14.0 Å². The fourth-order valence-electron chi connectivity index (χ4n) is 2.72. The minimum absolute atomic E-state index is 0.0969. The summed E-state index contributed by atoms with van der Waals surface area (Å²) >= 11 is 0. The van der Waals surface area contributed by atoms with Crippen molar-refractivity contribution >= 4 is 10.3 Å². The Morgan fingerprint density at radius 1 is 1.18 bits per heavy atom. The zero-order valence-electron chi connectivity index (χ0n) is 12.9. The molecule has 0 aliphatic carbocycles. The molecule has 1 aromatic carbocycles. The quantitative estimate of drug-likeness (QED) is 0.751. The van der Waals surface area contributed by atoms with Crippen molar-refractivity contribution in [2.24, 2.45) is 0 Å². The Bertz CT molecular complexity index is 571. The lowest BCUT2D eigenvalue weighted by molar-refractivity contribution is -0.180. The van der Waals surface area contributed by atoms with Crippen LogP contribution in [0.5, 0.6) is 0 Å². The molecule has 1 aliphatic heterocycles. The SMILES string of the molecule is CCC1(CC)O[C@H](c2ccccc2)[C@@H](CCNS(=O)(=O)O)O1. The molecule has 0 saturated carbocycles. The molecular formula is C15H23NO5S. The van der Waals surface area contributed by atoms with Gasteiger partial charge in [0.1, 0.15) is 6.10 Å². The normalized spacial score (nSPS) is 24.5. The summed E-state index contributed by atoms with van der Waals surface area (Å²) in [5.74, 6) is -0.636. The van der Waals surface area contributed by atoms with E-state index in [-0.39, 0.29) is 18.8 Å². The van der Waals surface area contributed by atoms with E-state index in [0.717, 1.165) is 18.4 Å². The van der Waals surface area contributed by atoms with Crippen molar-refractivity contribution in [3.05, 3.63) is 35.9 Å². The molecule has 0 aromatic heterocycles. The van der Waals surface area contributed by atoms with Crippen LogP contribution in [0, 0.1) is 0 Å². The van der Waals surface area contributed by atoms with E-state index < -0.39 is 16.1 Å². The van der Waals surface area contributed by atoms with Crippen LogP contribution in [0.3, 0.4) is 0 Å². The van der Waals surface area contributed by atoms with Gasteiger partial charge in [-0.1, -0.05) is 44.2 Å². The molecule has 0 unspecified atom stereocenters. The van der Waals surface area contributed by atoms with E-state index in [2.05, 4.69) is 4.72 Å². The Balaban J connectivity index is 2.13. The summed E-state index contributed by atoms with van der Waals surface area (Å²) in [7, 11) is -4.18. The minimum atomic E-state index is -4.18. The van der Waals surface area contributed by atoms with E-state index in [1.165, 1.54) is 0 Å². The largest absolute Gasteiger partial charge is 0.344 e. The molecule has 1 heterocycles. The molecule has 2 atom stereocenters. The molecule has 1 fully saturated rings. The predicted octanol–water partition coefficient (Wildman–Crippen LogP) is 2.44. The highest BCUT2D eigenvalue weighted by Gasteiger charge is 2.45. The third-order valence-electron chi connectivity index (χ3n) is 3.96. The molecular weight excluding hydrogens is 306 g/mol. The van der Waals surface area contributed by atoms with Crippen molar-refractivity contribution in [1.82, 2.24) is 4.72 Å². The molecule has 0 amide bonds. The highest BCUT2D eigenvalue weighted by molar-refractivity contribution is 7.83. The first-order valence-electron chi connectivity index (χ1n) is 7.52. The van der Waals surface area contributed by atoms with Gasteiger partial charge in [0, 0.05) is 6.54 Å². The van der Waals surface area contributed by atoms with Crippen LogP contribution in [0.15, 0.2) is 30.3 Å². The Labute approximate surface area is 131 Å². The number of rotatable bonds is 7. The van der Waals surface area contributed by atoms with Gasteiger partial charge < -0.3 is 9.47 Å². The van der Waals surface area contributed by atoms with Crippen LogP contribution in [0.2, 0.25) is 0 Å². The number of nitrogens with one attached hydrogen (secondary N) is 1. The van der Waals surface area contributed by atoms with Crippen LogP contribution < -0.4 is 4.72 Å². The second-order valence-electron chi connectivity index (χ2n) is 5.38. The zero-order chi connectivity index (χ0) is 16.2.